The first kappa shape index (κ1) is 8.83. The van der Waals surface area contributed by atoms with Gasteiger partial charge in [-0.3, -0.25) is 0 Å². The molecule has 0 spiro atoms. The van der Waals surface area contributed by atoms with Gasteiger partial charge in [-0.05, 0) is 0 Å². The minimum absolute atomic E-state index is 0. The summed E-state index contributed by atoms with van der Waals surface area (Å²) in [4.78, 5) is 0. The Morgan fingerprint density at radius 2 is 1.75 bits per heavy atom. The van der Waals surface area contributed by atoms with Crippen molar-refractivity contribution in [3.63, 3.8) is 0 Å². The van der Waals surface area contributed by atoms with Crippen molar-refractivity contribution in [3.05, 3.63) is 0 Å². The average Bonchev–Trinajstić information content (AvgIpc) is 0.918. The third-order valence-electron chi connectivity index (χ3n) is 0. The molecule has 0 unspecified atom stereocenters. The largest absolute Gasteiger partial charge is 0.570 e. The van der Waals surface area contributed by atoms with Crippen LogP contribution >= 0.6 is 12.2 Å². The molecule has 0 aromatic heterocycles. The molecular formula is CH2MnNS-. The number of rotatable bonds is 0. The Labute approximate surface area is 41.0 Å². The van der Waals surface area contributed by atoms with Crippen molar-refractivity contribution >= 4 is 17.7 Å². The molecule has 0 aliphatic carbocycles. The first-order chi connectivity index (χ1) is 1.41. The number of hydrogen-bond acceptors (Lipinski definition) is 1. The average molecular weight is 115 g/mol. The summed E-state index contributed by atoms with van der Waals surface area (Å²) >= 11 is 3.92. The van der Waals surface area contributed by atoms with E-state index in [1.165, 1.54) is 0 Å². The molecule has 0 heterocycles. The maximum Gasteiger partial charge on any atom is 0 e. The van der Waals surface area contributed by atoms with Crippen LogP contribution in [0.2, 0.25) is 0 Å². The Bertz CT molecular complexity index is 15.5. The van der Waals surface area contributed by atoms with Crippen LogP contribution in [0.5, 0.6) is 0 Å². The van der Waals surface area contributed by atoms with Crippen LogP contribution in [-0.2, 0) is 17.1 Å². The molecule has 0 aliphatic heterocycles. The molecule has 2 N–H and O–H groups in total. The van der Waals surface area contributed by atoms with Gasteiger partial charge in [-0.15, -0.1) is 0 Å². The first-order valence-electron chi connectivity index (χ1n) is 0.493. The Kier molecular flexibility index (Phi) is 22.0. The number of thiocarbonyl (C=S) groups is 1. The summed E-state index contributed by atoms with van der Waals surface area (Å²) in [5.41, 5.74) is 6.25. The van der Waals surface area contributed by atoms with E-state index in [0.717, 1.165) is 0 Å². The van der Waals surface area contributed by atoms with Gasteiger partial charge in [-0.1, -0.05) is 0 Å². The molecule has 1 radical (unpaired) electrons. The minimum Gasteiger partial charge on any atom is -0.570 e. The molecular weight excluding hydrogens is 113 g/mol. The third-order valence-corrected chi connectivity index (χ3v) is 0. The van der Waals surface area contributed by atoms with Crippen molar-refractivity contribution in [2.24, 2.45) is 5.73 Å². The van der Waals surface area contributed by atoms with Gasteiger partial charge in [0.25, 0.3) is 0 Å². The monoisotopic (exact) mass is 115 g/mol. The zero-order chi connectivity index (χ0) is 2.71. The van der Waals surface area contributed by atoms with Crippen LogP contribution in [0, 0.1) is 0 Å². The van der Waals surface area contributed by atoms with Crippen LogP contribution in [0.1, 0.15) is 0 Å². The second-order valence-electron chi connectivity index (χ2n) is 0.118. The Hall–Kier alpha value is 0.409. The summed E-state index contributed by atoms with van der Waals surface area (Å²) in [5, 5.41) is 0. The van der Waals surface area contributed by atoms with Gasteiger partial charge in [0.2, 0.25) is 0 Å². The van der Waals surface area contributed by atoms with Crippen molar-refractivity contribution in [2.75, 3.05) is 0 Å². The summed E-state index contributed by atoms with van der Waals surface area (Å²) in [6, 6.07) is 0. The van der Waals surface area contributed by atoms with E-state index in [9.17, 15) is 0 Å². The van der Waals surface area contributed by atoms with Crippen LogP contribution in [0.3, 0.4) is 0 Å². The summed E-state index contributed by atoms with van der Waals surface area (Å²) in [5.74, 6) is 0. The predicted molar refractivity (Wildman–Crippen MR) is 16.8 cm³/mol. The topological polar surface area (TPSA) is 26.0 Å². The smallest absolute Gasteiger partial charge is 0 e. The van der Waals surface area contributed by atoms with E-state index in [-0.39, 0.29) is 17.1 Å². The molecule has 0 fully saturated rings. The van der Waals surface area contributed by atoms with Gasteiger partial charge in [0.1, 0.15) is 0 Å². The van der Waals surface area contributed by atoms with Crippen molar-refractivity contribution < 1.29 is 17.1 Å². The Morgan fingerprint density at radius 1 is 1.75 bits per heavy atom. The van der Waals surface area contributed by atoms with Crippen LogP contribution < -0.4 is 5.73 Å². The van der Waals surface area contributed by atoms with Crippen molar-refractivity contribution in [2.45, 2.75) is 0 Å². The van der Waals surface area contributed by atoms with Crippen molar-refractivity contribution in [1.29, 1.82) is 0 Å². The normalized spacial score (nSPS) is 3.00. The minimum atomic E-state index is 0. The molecule has 0 saturated heterocycles. The number of hydrogen-bond donors (Lipinski definition) is 1. The summed E-state index contributed by atoms with van der Waals surface area (Å²) in [6.45, 7) is 0. The van der Waals surface area contributed by atoms with E-state index in [2.05, 4.69) is 18.0 Å². The molecule has 4 heavy (non-hydrogen) atoms. The van der Waals surface area contributed by atoms with Crippen LogP contribution in [0.25, 0.3) is 0 Å². The summed E-state index contributed by atoms with van der Waals surface area (Å²) in [6.07, 6.45) is 0. The Balaban J connectivity index is 0. The zero-order valence-electron chi connectivity index (χ0n) is 1.86. The van der Waals surface area contributed by atoms with E-state index < -0.39 is 0 Å². The molecule has 25 valence electrons. The van der Waals surface area contributed by atoms with Gasteiger partial charge >= 0.3 is 0 Å². The zero-order valence-corrected chi connectivity index (χ0v) is 3.86. The van der Waals surface area contributed by atoms with E-state index in [1.54, 1.807) is 0 Å². The predicted octanol–water partition coefficient (Wildman–Crippen LogP) is -0.223. The molecule has 0 rings (SSSR count). The maximum atomic E-state index is 4.41. The fourth-order valence-electron chi connectivity index (χ4n) is 0. The van der Waals surface area contributed by atoms with E-state index in [1.807, 2.05) is 5.49 Å². The molecule has 0 aromatic rings. The molecule has 0 aliphatic rings. The van der Waals surface area contributed by atoms with E-state index in [4.69, 9.17) is 0 Å². The quantitative estimate of drug-likeness (QED) is 0.204. The van der Waals surface area contributed by atoms with E-state index >= 15 is 0 Å². The van der Waals surface area contributed by atoms with Crippen molar-refractivity contribution in [1.82, 2.24) is 0 Å². The second-order valence-corrected chi connectivity index (χ2v) is 0.354. The standard InChI is InChI=1S/CH2NS.Mn/c2-1-3;/h(H2,2,3);/q-1;. The molecule has 0 aromatic carbocycles. The van der Waals surface area contributed by atoms with Gasteiger partial charge in [0, 0.05) is 17.1 Å². The Morgan fingerprint density at radius 3 is 1.75 bits per heavy atom. The fourth-order valence-corrected chi connectivity index (χ4v) is 0. The van der Waals surface area contributed by atoms with Gasteiger partial charge in [0.05, 0.1) is 0 Å². The first-order valence-corrected chi connectivity index (χ1v) is 0.901. The molecule has 1 nitrogen and oxygen atoms in total. The van der Waals surface area contributed by atoms with Crippen LogP contribution in [-0.4, -0.2) is 5.49 Å². The maximum absolute atomic E-state index is 4.41. The van der Waals surface area contributed by atoms with Gasteiger partial charge in [-0.25, -0.2) is 0 Å². The third kappa shape index (κ3) is 28.5. The SMILES string of the molecule is N[C-]=S.[Mn]. The van der Waals surface area contributed by atoms with Crippen LogP contribution in [0.4, 0.5) is 0 Å². The van der Waals surface area contributed by atoms with Gasteiger partial charge < -0.3 is 23.4 Å². The van der Waals surface area contributed by atoms with Gasteiger partial charge in [0.15, 0.2) is 0 Å². The number of nitrogens with two attached hydrogens (primary N) is 1. The second kappa shape index (κ2) is 9.96. The molecule has 0 amide bonds. The van der Waals surface area contributed by atoms with Crippen molar-refractivity contribution in [3.8, 4) is 0 Å². The molecule has 0 bridgehead atoms. The van der Waals surface area contributed by atoms with Crippen LogP contribution in [0.15, 0.2) is 0 Å². The summed E-state index contributed by atoms with van der Waals surface area (Å²) in [7, 11) is 0. The summed E-state index contributed by atoms with van der Waals surface area (Å²) < 4.78 is 0. The fraction of sp³-hybridized carbons (Fsp3) is 0. The molecule has 0 saturated carbocycles. The molecule has 3 heteroatoms. The molecule has 0 atom stereocenters. The van der Waals surface area contributed by atoms with E-state index in [0.29, 0.717) is 0 Å². The van der Waals surface area contributed by atoms with Gasteiger partial charge in [-0.2, -0.15) is 0 Å².